The van der Waals surface area contributed by atoms with Crippen LogP contribution in [0.15, 0.2) is 29.2 Å². The molecule has 1 amide bonds. The average molecular weight is 364 g/mol. The first-order chi connectivity index (χ1) is 11.8. The molecule has 1 atom stereocenters. The van der Waals surface area contributed by atoms with E-state index >= 15 is 0 Å². The molecule has 0 bridgehead atoms. The molecule has 2 N–H and O–H groups in total. The minimum Gasteiger partial charge on any atom is -0.443 e. The topological polar surface area (TPSA) is 104 Å². The fraction of sp³-hybridized carbons (Fsp3) is 0.375. The zero-order valence-corrected chi connectivity index (χ0v) is 15.1. The SMILES string of the molecule is Cc1ccc(N2CC(CNS(=O)(=O)c3c(C)n[nH]c3C)OC2=O)cc1. The maximum absolute atomic E-state index is 12.4. The molecule has 25 heavy (non-hydrogen) atoms. The fourth-order valence-corrected chi connectivity index (χ4v) is 4.21. The lowest BCUT2D eigenvalue weighted by molar-refractivity contribution is 0.143. The smallest absolute Gasteiger partial charge is 0.414 e. The lowest BCUT2D eigenvalue weighted by Gasteiger charge is -2.13. The van der Waals surface area contributed by atoms with Gasteiger partial charge in [-0.15, -0.1) is 0 Å². The Bertz CT molecular complexity index is 870. The number of H-pyrrole nitrogens is 1. The van der Waals surface area contributed by atoms with E-state index in [1.54, 1.807) is 13.8 Å². The monoisotopic (exact) mass is 364 g/mol. The molecule has 1 aliphatic rings. The van der Waals surface area contributed by atoms with Crippen molar-refractivity contribution in [3.63, 3.8) is 0 Å². The quantitative estimate of drug-likeness (QED) is 0.839. The maximum Gasteiger partial charge on any atom is 0.414 e. The first-order valence-electron chi connectivity index (χ1n) is 7.84. The molecule has 1 unspecified atom stereocenters. The Kier molecular flexibility index (Phi) is 4.53. The molecule has 0 spiro atoms. The summed E-state index contributed by atoms with van der Waals surface area (Å²) in [6, 6.07) is 7.48. The summed E-state index contributed by atoms with van der Waals surface area (Å²) in [6.07, 6.45) is -1.04. The van der Waals surface area contributed by atoms with E-state index in [0.29, 0.717) is 11.4 Å². The Morgan fingerprint density at radius 2 is 1.96 bits per heavy atom. The standard InChI is InChI=1S/C16H20N4O4S/c1-10-4-6-13(7-5-10)20-9-14(24-16(20)21)8-17-25(22,23)15-11(2)18-19-12(15)3/h4-7,14,17H,8-9H2,1-3H3,(H,18,19). The minimum absolute atomic E-state index is 0.000491. The van der Waals surface area contributed by atoms with Crippen molar-refractivity contribution in [3.8, 4) is 0 Å². The van der Waals surface area contributed by atoms with Crippen LogP contribution in [0.3, 0.4) is 0 Å². The highest BCUT2D eigenvalue weighted by Crippen LogP contribution is 2.22. The number of aryl methyl sites for hydroxylation is 3. The summed E-state index contributed by atoms with van der Waals surface area (Å²) >= 11 is 0. The van der Waals surface area contributed by atoms with Gasteiger partial charge in [-0.25, -0.2) is 17.9 Å². The van der Waals surface area contributed by atoms with Crippen molar-refractivity contribution in [2.24, 2.45) is 0 Å². The first-order valence-corrected chi connectivity index (χ1v) is 9.32. The van der Waals surface area contributed by atoms with Crippen molar-refractivity contribution in [1.29, 1.82) is 0 Å². The van der Waals surface area contributed by atoms with Crippen molar-refractivity contribution in [2.75, 3.05) is 18.0 Å². The van der Waals surface area contributed by atoms with Crippen LogP contribution in [0, 0.1) is 20.8 Å². The van der Waals surface area contributed by atoms with Gasteiger partial charge in [0.2, 0.25) is 10.0 Å². The van der Waals surface area contributed by atoms with Gasteiger partial charge in [0, 0.05) is 12.2 Å². The number of cyclic esters (lactones) is 1. The Morgan fingerprint density at radius 1 is 1.28 bits per heavy atom. The summed E-state index contributed by atoms with van der Waals surface area (Å²) in [4.78, 5) is 13.7. The predicted molar refractivity (Wildman–Crippen MR) is 92.0 cm³/mol. The van der Waals surface area contributed by atoms with E-state index in [4.69, 9.17) is 4.74 Å². The van der Waals surface area contributed by atoms with Gasteiger partial charge in [0.1, 0.15) is 11.0 Å². The van der Waals surface area contributed by atoms with Crippen LogP contribution in [0.25, 0.3) is 0 Å². The third-order valence-electron chi connectivity index (χ3n) is 4.05. The number of hydrogen-bond donors (Lipinski definition) is 2. The number of benzene rings is 1. The second kappa shape index (κ2) is 6.49. The average Bonchev–Trinajstić information content (AvgIpc) is 3.09. The Balaban J connectivity index is 1.67. The molecular weight excluding hydrogens is 344 g/mol. The number of aromatic nitrogens is 2. The van der Waals surface area contributed by atoms with Gasteiger partial charge in [0.15, 0.2) is 0 Å². The molecule has 8 nitrogen and oxygen atoms in total. The zero-order chi connectivity index (χ0) is 18.2. The molecule has 0 radical (unpaired) electrons. The largest absolute Gasteiger partial charge is 0.443 e. The number of aromatic amines is 1. The van der Waals surface area contributed by atoms with E-state index in [1.807, 2.05) is 31.2 Å². The normalized spacial score (nSPS) is 17.8. The summed E-state index contributed by atoms with van der Waals surface area (Å²) in [5.74, 6) is 0. The van der Waals surface area contributed by atoms with Gasteiger partial charge in [0.05, 0.1) is 17.9 Å². The summed E-state index contributed by atoms with van der Waals surface area (Å²) in [5, 5.41) is 6.54. The molecule has 3 rings (SSSR count). The van der Waals surface area contributed by atoms with Crippen LogP contribution in [-0.4, -0.2) is 43.9 Å². The zero-order valence-electron chi connectivity index (χ0n) is 14.2. The molecule has 2 aromatic rings. The van der Waals surface area contributed by atoms with Crippen LogP contribution < -0.4 is 9.62 Å². The second-order valence-electron chi connectivity index (χ2n) is 6.07. The highest BCUT2D eigenvalue weighted by Gasteiger charge is 2.33. The summed E-state index contributed by atoms with van der Waals surface area (Å²) in [5.41, 5.74) is 2.68. The fourth-order valence-electron chi connectivity index (χ4n) is 2.77. The third-order valence-corrected chi connectivity index (χ3v) is 5.74. The van der Waals surface area contributed by atoms with Crippen molar-refractivity contribution in [2.45, 2.75) is 31.8 Å². The van der Waals surface area contributed by atoms with Gasteiger partial charge >= 0.3 is 6.09 Å². The van der Waals surface area contributed by atoms with Crippen LogP contribution in [0.5, 0.6) is 0 Å². The van der Waals surface area contributed by atoms with E-state index in [1.165, 1.54) is 4.90 Å². The van der Waals surface area contributed by atoms with Crippen molar-refractivity contribution < 1.29 is 17.9 Å². The number of nitrogens with zero attached hydrogens (tertiary/aromatic N) is 2. The summed E-state index contributed by atoms with van der Waals surface area (Å²) in [7, 11) is -3.72. The Morgan fingerprint density at radius 3 is 2.56 bits per heavy atom. The Labute approximate surface area is 146 Å². The van der Waals surface area contributed by atoms with Gasteiger partial charge in [-0.1, -0.05) is 17.7 Å². The molecular formula is C16H20N4O4S. The van der Waals surface area contributed by atoms with Crippen molar-refractivity contribution >= 4 is 21.8 Å². The van der Waals surface area contributed by atoms with Gasteiger partial charge in [-0.2, -0.15) is 5.10 Å². The van der Waals surface area contributed by atoms with Crippen LogP contribution in [-0.2, 0) is 14.8 Å². The lowest BCUT2D eigenvalue weighted by Crippen LogP contribution is -2.35. The molecule has 1 fully saturated rings. The third kappa shape index (κ3) is 3.52. The molecule has 1 saturated heterocycles. The summed E-state index contributed by atoms with van der Waals surface area (Å²) in [6.45, 7) is 5.51. The van der Waals surface area contributed by atoms with Crippen molar-refractivity contribution in [3.05, 3.63) is 41.2 Å². The number of carbonyl (C=O) groups excluding carboxylic acids is 1. The van der Waals surface area contributed by atoms with E-state index < -0.39 is 22.2 Å². The molecule has 0 aliphatic carbocycles. The number of hydrogen-bond acceptors (Lipinski definition) is 5. The number of ether oxygens (including phenoxy) is 1. The number of sulfonamides is 1. The van der Waals surface area contributed by atoms with E-state index in [0.717, 1.165) is 11.3 Å². The van der Waals surface area contributed by atoms with Gasteiger partial charge < -0.3 is 4.74 Å². The number of carbonyl (C=O) groups is 1. The van der Waals surface area contributed by atoms with Crippen LogP contribution in [0.4, 0.5) is 10.5 Å². The van der Waals surface area contributed by atoms with E-state index in [2.05, 4.69) is 14.9 Å². The molecule has 9 heteroatoms. The molecule has 1 aromatic heterocycles. The van der Waals surface area contributed by atoms with Crippen LogP contribution in [0.1, 0.15) is 17.0 Å². The molecule has 1 aliphatic heterocycles. The number of amides is 1. The second-order valence-corrected chi connectivity index (χ2v) is 7.77. The van der Waals surface area contributed by atoms with Gasteiger partial charge in [0.25, 0.3) is 0 Å². The first kappa shape index (κ1) is 17.4. The summed E-state index contributed by atoms with van der Waals surface area (Å²) < 4.78 is 32.6. The van der Waals surface area contributed by atoms with Crippen molar-refractivity contribution in [1.82, 2.24) is 14.9 Å². The number of nitrogens with one attached hydrogen (secondary N) is 2. The molecule has 2 heterocycles. The Hall–Kier alpha value is -2.39. The van der Waals surface area contributed by atoms with Crippen LogP contribution >= 0.6 is 0 Å². The number of anilines is 1. The molecule has 0 saturated carbocycles. The molecule has 134 valence electrons. The maximum atomic E-state index is 12.4. The van der Waals surface area contributed by atoms with Gasteiger partial charge in [-0.3, -0.25) is 10.00 Å². The highest BCUT2D eigenvalue weighted by atomic mass is 32.2. The van der Waals surface area contributed by atoms with Gasteiger partial charge in [-0.05, 0) is 32.9 Å². The lowest BCUT2D eigenvalue weighted by atomic mass is 10.2. The number of rotatable bonds is 5. The minimum atomic E-state index is -3.72. The van der Waals surface area contributed by atoms with E-state index in [9.17, 15) is 13.2 Å². The van der Waals surface area contributed by atoms with E-state index in [-0.39, 0.29) is 18.0 Å². The highest BCUT2D eigenvalue weighted by molar-refractivity contribution is 7.89. The molecule has 1 aromatic carbocycles. The van der Waals surface area contributed by atoms with Crippen LogP contribution in [0.2, 0.25) is 0 Å². The predicted octanol–water partition coefficient (Wildman–Crippen LogP) is 1.64.